The van der Waals surface area contributed by atoms with Gasteiger partial charge in [-0.05, 0) is 92.4 Å². The van der Waals surface area contributed by atoms with Crippen LogP contribution in [0.1, 0.15) is 44.9 Å². The molecule has 7 heteroatoms. The highest BCUT2D eigenvalue weighted by Gasteiger charge is 2.48. The lowest BCUT2D eigenvalue weighted by Gasteiger charge is -2.55. The molecule has 31 heavy (non-hydrogen) atoms. The summed E-state index contributed by atoms with van der Waals surface area (Å²) in [5, 5.41) is 3.53. The Morgan fingerprint density at radius 1 is 1.13 bits per heavy atom. The molecule has 1 heterocycles. The van der Waals surface area contributed by atoms with Crippen molar-refractivity contribution in [3.63, 3.8) is 0 Å². The molecule has 166 valence electrons. The highest BCUT2D eigenvalue weighted by atomic mass is 35.5. The highest BCUT2D eigenvalue weighted by molar-refractivity contribution is 8.15. The second-order valence-corrected chi connectivity index (χ2v) is 11.3. The van der Waals surface area contributed by atoms with Gasteiger partial charge in [0, 0.05) is 25.0 Å². The van der Waals surface area contributed by atoms with Gasteiger partial charge in [0.25, 0.3) is 0 Å². The maximum Gasteiger partial charge on any atom is 0.233 e. The molecule has 0 spiro atoms. The number of amidine groups is 1. The molecule has 6 rings (SSSR count). The summed E-state index contributed by atoms with van der Waals surface area (Å²) in [7, 11) is 1.61. The Labute approximate surface area is 193 Å². The molecule has 2 amide bonds. The van der Waals surface area contributed by atoms with E-state index in [9.17, 15) is 9.59 Å². The molecule has 1 saturated heterocycles. The number of amides is 2. The summed E-state index contributed by atoms with van der Waals surface area (Å²) < 4.78 is 0. The van der Waals surface area contributed by atoms with Gasteiger partial charge in [-0.2, -0.15) is 0 Å². The van der Waals surface area contributed by atoms with E-state index >= 15 is 0 Å². The van der Waals surface area contributed by atoms with E-state index < -0.39 is 5.25 Å². The molecule has 5 aliphatic rings. The Bertz CT molecular complexity index is 859. The summed E-state index contributed by atoms with van der Waals surface area (Å²) in [5.74, 6) is 4.23. The largest absolute Gasteiger partial charge is 0.358 e. The maximum absolute atomic E-state index is 13.1. The molecular formula is C24H30ClN3O2S. The van der Waals surface area contributed by atoms with E-state index in [0.29, 0.717) is 16.7 Å². The van der Waals surface area contributed by atoms with Gasteiger partial charge in [-0.25, -0.2) is 4.99 Å². The van der Waals surface area contributed by atoms with Crippen molar-refractivity contribution >= 4 is 46.0 Å². The Morgan fingerprint density at radius 2 is 1.77 bits per heavy atom. The lowest BCUT2D eigenvalue weighted by molar-refractivity contribution is -0.130. The van der Waals surface area contributed by atoms with Crippen LogP contribution in [0, 0.1) is 29.6 Å². The average molecular weight is 460 g/mol. The summed E-state index contributed by atoms with van der Waals surface area (Å²) in [6, 6.07) is 7.29. The minimum atomic E-state index is -0.430. The third-order valence-electron chi connectivity index (χ3n) is 7.84. The Hall–Kier alpha value is -1.53. The average Bonchev–Trinajstić information content (AvgIpc) is 2.75. The molecule has 0 radical (unpaired) electrons. The van der Waals surface area contributed by atoms with Crippen molar-refractivity contribution in [1.29, 1.82) is 0 Å². The number of nitrogens with one attached hydrogen (secondary N) is 1. The van der Waals surface area contributed by atoms with Crippen LogP contribution >= 0.6 is 23.4 Å². The topological polar surface area (TPSA) is 61.8 Å². The fraction of sp³-hybridized carbons (Fsp3) is 0.625. The van der Waals surface area contributed by atoms with Crippen LogP contribution in [0.15, 0.2) is 29.3 Å². The van der Waals surface area contributed by atoms with E-state index in [4.69, 9.17) is 16.6 Å². The van der Waals surface area contributed by atoms with E-state index in [0.717, 1.165) is 41.7 Å². The first-order valence-corrected chi connectivity index (χ1v) is 12.8. The predicted molar refractivity (Wildman–Crippen MR) is 125 cm³/mol. The fourth-order valence-corrected chi connectivity index (χ4v) is 7.95. The molecule has 4 saturated carbocycles. The number of aliphatic imine (C=N–C) groups is 1. The number of benzene rings is 1. The van der Waals surface area contributed by atoms with Gasteiger partial charge in [0.2, 0.25) is 11.8 Å². The van der Waals surface area contributed by atoms with Crippen molar-refractivity contribution in [3.8, 4) is 0 Å². The molecule has 1 unspecified atom stereocenters. The van der Waals surface area contributed by atoms with Gasteiger partial charge >= 0.3 is 0 Å². The quantitative estimate of drug-likeness (QED) is 0.683. The molecule has 1 N–H and O–H groups in total. The van der Waals surface area contributed by atoms with E-state index in [2.05, 4.69) is 5.32 Å². The van der Waals surface area contributed by atoms with Gasteiger partial charge in [0.1, 0.15) is 0 Å². The van der Waals surface area contributed by atoms with Crippen LogP contribution in [0.4, 0.5) is 5.69 Å². The van der Waals surface area contributed by atoms with Crippen molar-refractivity contribution in [2.45, 2.75) is 50.2 Å². The van der Waals surface area contributed by atoms with Crippen molar-refractivity contribution in [2.24, 2.45) is 34.6 Å². The normalized spacial score (nSPS) is 35.6. The highest BCUT2D eigenvalue weighted by Crippen LogP contribution is 2.57. The number of hydrogen-bond acceptors (Lipinski definition) is 4. The van der Waals surface area contributed by atoms with Gasteiger partial charge < -0.3 is 5.32 Å². The van der Waals surface area contributed by atoms with Crippen molar-refractivity contribution < 1.29 is 9.59 Å². The van der Waals surface area contributed by atoms with Crippen LogP contribution in [0.3, 0.4) is 0 Å². The van der Waals surface area contributed by atoms with E-state index in [1.807, 2.05) is 17.0 Å². The van der Waals surface area contributed by atoms with Gasteiger partial charge in [0.15, 0.2) is 5.17 Å². The molecule has 5 nitrogen and oxygen atoms in total. The number of thioether (sulfide) groups is 1. The lowest BCUT2D eigenvalue weighted by Crippen LogP contribution is -2.49. The molecule has 1 aliphatic heterocycles. The first-order chi connectivity index (χ1) is 15.0. The molecule has 5 fully saturated rings. The second-order valence-electron chi connectivity index (χ2n) is 9.72. The number of halogens is 1. The van der Waals surface area contributed by atoms with Crippen molar-refractivity contribution in [1.82, 2.24) is 10.2 Å². The Kier molecular flexibility index (Phi) is 6.04. The molecule has 0 aromatic heterocycles. The fourth-order valence-electron chi connectivity index (χ4n) is 6.64. The standard InChI is InChI=1S/C24H30ClN3O2S/c1-26-23(30)21-13-22(29)28(24(31-21)27-19-4-2-18(25)3-5-19)7-6-20-16-9-14-8-15(11-16)12-17(20)10-14/h2-5,14-17,20-21H,6-13H2,1H3,(H,26,30)/b27-24+. The molecule has 4 aliphatic carbocycles. The van der Waals surface area contributed by atoms with Crippen LogP contribution in [0.25, 0.3) is 0 Å². The molecule has 1 aromatic carbocycles. The minimum Gasteiger partial charge on any atom is -0.358 e. The van der Waals surface area contributed by atoms with E-state index in [1.54, 1.807) is 19.2 Å². The summed E-state index contributed by atoms with van der Waals surface area (Å²) in [4.78, 5) is 31.9. The third-order valence-corrected chi connectivity index (χ3v) is 9.28. The third kappa shape index (κ3) is 4.38. The molecule has 1 aromatic rings. The minimum absolute atomic E-state index is 0.00359. The molecular weight excluding hydrogens is 430 g/mol. The number of nitrogens with zero attached hydrogens (tertiary/aromatic N) is 2. The van der Waals surface area contributed by atoms with E-state index in [1.165, 1.54) is 43.9 Å². The molecule has 4 bridgehead atoms. The van der Waals surface area contributed by atoms with Gasteiger partial charge in [0.05, 0.1) is 10.9 Å². The lowest BCUT2D eigenvalue weighted by atomic mass is 9.51. The zero-order valence-corrected chi connectivity index (χ0v) is 19.5. The van der Waals surface area contributed by atoms with Gasteiger partial charge in [-0.1, -0.05) is 23.4 Å². The Morgan fingerprint density at radius 3 is 2.39 bits per heavy atom. The summed E-state index contributed by atoms with van der Waals surface area (Å²) in [5.41, 5.74) is 0.747. The van der Waals surface area contributed by atoms with Crippen LogP contribution in [0.5, 0.6) is 0 Å². The number of rotatable bonds is 5. The zero-order valence-electron chi connectivity index (χ0n) is 17.9. The Balaban J connectivity index is 1.34. The predicted octanol–water partition coefficient (Wildman–Crippen LogP) is 4.87. The van der Waals surface area contributed by atoms with Crippen molar-refractivity contribution in [2.75, 3.05) is 13.6 Å². The van der Waals surface area contributed by atoms with Crippen molar-refractivity contribution in [3.05, 3.63) is 29.3 Å². The smallest absolute Gasteiger partial charge is 0.233 e. The monoisotopic (exact) mass is 459 g/mol. The SMILES string of the molecule is CNC(=O)C1CC(=O)N(CCC2C3CC4CC(C3)CC2C4)/C(=N\c2ccc(Cl)cc2)S1. The first-order valence-electron chi connectivity index (χ1n) is 11.5. The number of carbonyl (C=O) groups excluding carboxylic acids is 2. The van der Waals surface area contributed by atoms with Crippen LogP contribution in [0.2, 0.25) is 5.02 Å². The zero-order chi connectivity index (χ0) is 21.5. The van der Waals surface area contributed by atoms with Crippen LogP contribution < -0.4 is 5.32 Å². The van der Waals surface area contributed by atoms with Gasteiger partial charge in [-0.15, -0.1) is 0 Å². The first kappa shape index (κ1) is 21.3. The number of carbonyl (C=O) groups is 2. The van der Waals surface area contributed by atoms with Crippen LogP contribution in [-0.2, 0) is 9.59 Å². The maximum atomic E-state index is 13.1. The summed E-state index contributed by atoms with van der Waals surface area (Å²) >= 11 is 7.41. The second kappa shape index (κ2) is 8.78. The van der Waals surface area contributed by atoms with Crippen LogP contribution in [-0.4, -0.2) is 40.7 Å². The van der Waals surface area contributed by atoms with E-state index in [-0.39, 0.29) is 18.2 Å². The van der Waals surface area contributed by atoms with Gasteiger partial charge in [-0.3, -0.25) is 14.5 Å². The molecule has 1 atom stereocenters. The number of hydrogen-bond donors (Lipinski definition) is 1. The summed E-state index contributed by atoms with van der Waals surface area (Å²) in [6.07, 6.45) is 8.31. The summed E-state index contributed by atoms with van der Waals surface area (Å²) in [6.45, 7) is 0.700.